The van der Waals surface area contributed by atoms with Crippen molar-refractivity contribution in [1.82, 2.24) is 10.1 Å². The second-order valence-electron chi connectivity index (χ2n) is 6.01. The average Bonchev–Trinajstić information content (AvgIpc) is 2.76. The highest BCUT2D eigenvalue weighted by atomic mass is 127. The van der Waals surface area contributed by atoms with Crippen molar-refractivity contribution in [2.45, 2.75) is 46.5 Å². The van der Waals surface area contributed by atoms with Crippen molar-refractivity contribution >= 4 is 29.9 Å². The normalized spacial score (nSPS) is 18.5. The van der Waals surface area contributed by atoms with Crippen LogP contribution in [0.5, 0.6) is 0 Å². The van der Waals surface area contributed by atoms with E-state index in [4.69, 9.17) is 10.3 Å². The fraction of sp³-hybridized carbons (Fsp3) is 0.733. The molecule has 21 heavy (non-hydrogen) atoms. The Labute approximate surface area is 144 Å². The average molecular weight is 406 g/mol. The van der Waals surface area contributed by atoms with E-state index in [1.54, 1.807) is 0 Å². The molecule has 120 valence electrons. The number of nitrogens with zero attached hydrogens (tertiary/aromatic N) is 3. The van der Waals surface area contributed by atoms with Gasteiger partial charge in [-0.25, -0.2) is 0 Å². The van der Waals surface area contributed by atoms with E-state index >= 15 is 0 Å². The van der Waals surface area contributed by atoms with Crippen LogP contribution in [-0.4, -0.2) is 35.7 Å². The van der Waals surface area contributed by atoms with Crippen LogP contribution in [0.3, 0.4) is 0 Å². The molecule has 1 aliphatic heterocycles. The van der Waals surface area contributed by atoms with Gasteiger partial charge in [0.1, 0.15) is 5.76 Å². The van der Waals surface area contributed by atoms with Crippen molar-refractivity contribution in [2.75, 3.05) is 19.6 Å². The second kappa shape index (κ2) is 8.00. The molecule has 2 rings (SSSR count). The van der Waals surface area contributed by atoms with Gasteiger partial charge in [0, 0.05) is 31.1 Å². The number of aryl methyl sites for hydroxylation is 2. The molecule has 5 nitrogen and oxygen atoms in total. The van der Waals surface area contributed by atoms with Crippen LogP contribution in [0, 0.1) is 19.8 Å². The molecule has 2 heterocycles. The number of rotatable bonds is 3. The first-order valence-electron chi connectivity index (χ1n) is 7.46. The first kappa shape index (κ1) is 18.3. The lowest BCUT2D eigenvalue weighted by Gasteiger charge is -2.31. The van der Waals surface area contributed by atoms with Gasteiger partial charge >= 0.3 is 0 Å². The van der Waals surface area contributed by atoms with E-state index in [9.17, 15) is 0 Å². The molecule has 0 bridgehead atoms. The van der Waals surface area contributed by atoms with Crippen LogP contribution in [0.2, 0.25) is 0 Å². The largest absolute Gasteiger partial charge is 0.370 e. The van der Waals surface area contributed by atoms with Crippen LogP contribution in [0.15, 0.2) is 9.52 Å². The molecule has 0 spiro atoms. The maximum atomic E-state index is 6.11. The van der Waals surface area contributed by atoms with Gasteiger partial charge in [-0.1, -0.05) is 19.0 Å². The monoisotopic (exact) mass is 406 g/mol. The third-order valence-electron chi connectivity index (χ3n) is 4.22. The summed E-state index contributed by atoms with van der Waals surface area (Å²) >= 11 is 0. The number of hydrogen-bond acceptors (Lipinski definition) is 3. The third kappa shape index (κ3) is 4.59. The van der Waals surface area contributed by atoms with Gasteiger partial charge in [0.25, 0.3) is 0 Å². The van der Waals surface area contributed by atoms with Crippen molar-refractivity contribution in [3.63, 3.8) is 0 Å². The summed E-state index contributed by atoms with van der Waals surface area (Å²) in [6.45, 7) is 11.1. The van der Waals surface area contributed by atoms with Crippen LogP contribution in [-0.2, 0) is 0 Å². The lowest BCUT2D eigenvalue weighted by molar-refractivity contribution is 0.277. The number of aromatic nitrogens is 1. The molecule has 1 unspecified atom stereocenters. The zero-order valence-corrected chi connectivity index (χ0v) is 15.8. The standard InChI is InChI=1S/C15H26N4O.HI/c1-10-5-7-19(8-6-10)15(16)17-9-11(2)14-12(3)18-20-13(14)4;/h10-11H,5-9H2,1-4H3,(H2,16,17);1H. The fourth-order valence-electron chi connectivity index (χ4n) is 2.85. The quantitative estimate of drug-likeness (QED) is 0.476. The number of hydrogen-bond donors (Lipinski definition) is 1. The minimum Gasteiger partial charge on any atom is -0.370 e. The van der Waals surface area contributed by atoms with Gasteiger partial charge in [0.15, 0.2) is 5.96 Å². The summed E-state index contributed by atoms with van der Waals surface area (Å²) in [4.78, 5) is 6.76. The Kier molecular flexibility index (Phi) is 6.96. The van der Waals surface area contributed by atoms with Gasteiger partial charge in [0.05, 0.1) is 5.69 Å². The summed E-state index contributed by atoms with van der Waals surface area (Å²) in [7, 11) is 0. The predicted molar refractivity (Wildman–Crippen MR) is 96.3 cm³/mol. The number of guanidine groups is 1. The highest BCUT2D eigenvalue weighted by molar-refractivity contribution is 14.0. The van der Waals surface area contributed by atoms with Crippen LogP contribution < -0.4 is 5.73 Å². The van der Waals surface area contributed by atoms with Gasteiger partial charge < -0.3 is 15.2 Å². The molecule has 0 radical (unpaired) electrons. The number of likely N-dealkylation sites (tertiary alicyclic amines) is 1. The Balaban J connectivity index is 0.00000220. The minimum atomic E-state index is 0. The molecule has 1 atom stereocenters. The molecular weight excluding hydrogens is 379 g/mol. The summed E-state index contributed by atoms with van der Waals surface area (Å²) in [6, 6.07) is 0. The van der Waals surface area contributed by atoms with E-state index in [1.165, 1.54) is 12.8 Å². The molecular formula is C15H27IN4O. The summed E-state index contributed by atoms with van der Waals surface area (Å²) in [5, 5.41) is 4.00. The van der Waals surface area contributed by atoms with E-state index in [0.29, 0.717) is 12.5 Å². The van der Waals surface area contributed by atoms with E-state index in [-0.39, 0.29) is 29.9 Å². The topological polar surface area (TPSA) is 67.6 Å². The molecule has 0 saturated carbocycles. The number of piperidine rings is 1. The first-order valence-corrected chi connectivity index (χ1v) is 7.46. The van der Waals surface area contributed by atoms with Crippen LogP contribution in [0.1, 0.15) is 49.6 Å². The summed E-state index contributed by atoms with van der Waals surface area (Å²) in [5.74, 6) is 2.65. The van der Waals surface area contributed by atoms with E-state index in [2.05, 4.69) is 28.9 Å². The van der Waals surface area contributed by atoms with Crippen LogP contribution in [0.25, 0.3) is 0 Å². The molecule has 1 saturated heterocycles. The second-order valence-corrected chi connectivity index (χ2v) is 6.01. The molecule has 6 heteroatoms. The van der Waals surface area contributed by atoms with Gasteiger partial charge in [0.2, 0.25) is 0 Å². The van der Waals surface area contributed by atoms with Gasteiger partial charge in [-0.2, -0.15) is 0 Å². The molecule has 1 aliphatic rings. The Morgan fingerprint density at radius 3 is 2.57 bits per heavy atom. The Morgan fingerprint density at radius 2 is 2.05 bits per heavy atom. The van der Waals surface area contributed by atoms with Crippen molar-refractivity contribution < 1.29 is 4.52 Å². The summed E-state index contributed by atoms with van der Waals surface area (Å²) < 4.78 is 5.21. The molecule has 0 aliphatic carbocycles. The molecule has 0 aromatic carbocycles. The zero-order chi connectivity index (χ0) is 14.7. The van der Waals surface area contributed by atoms with Gasteiger partial charge in [-0.3, -0.25) is 4.99 Å². The lowest BCUT2D eigenvalue weighted by atomic mass is 9.99. The van der Waals surface area contributed by atoms with E-state index in [0.717, 1.165) is 36.0 Å². The number of aliphatic imine (C=N–C) groups is 1. The van der Waals surface area contributed by atoms with E-state index < -0.39 is 0 Å². The van der Waals surface area contributed by atoms with Crippen molar-refractivity contribution in [1.29, 1.82) is 0 Å². The summed E-state index contributed by atoms with van der Waals surface area (Å²) in [6.07, 6.45) is 2.41. The van der Waals surface area contributed by atoms with Crippen LogP contribution >= 0.6 is 24.0 Å². The van der Waals surface area contributed by atoms with E-state index in [1.807, 2.05) is 13.8 Å². The SMILES string of the molecule is Cc1noc(C)c1C(C)CN=C(N)N1CCC(C)CC1.I. The van der Waals surface area contributed by atoms with Gasteiger partial charge in [-0.15, -0.1) is 24.0 Å². The fourth-order valence-corrected chi connectivity index (χ4v) is 2.85. The predicted octanol–water partition coefficient (Wildman–Crippen LogP) is 3.06. The first-order chi connectivity index (χ1) is 9.49. The third-order valence-corrected chi connectivity index (χ3v) is 4.22. The van der Waals surface area contributed by atoms with Crippen molar-refractivity contribution in [2.24, 2.45) is 16.6 Å². The van der Waals surface area contributed by atoms with Gasteiger partial charge in [-0.05, 0) is 32.6 Å². The highest BCUT2D eigenvalue weighted by Crippen LogP contribution is 2.23. The lowest BCUT2D eigenvalue weighted by Crippen LogP contribution is -2.42. The maximum absolute atomic E-state index is 6.11. The zero-order valence-electron chi connectivity index (χ0n) is 13.4. The summed E-state index contributed by atoms with van der Waals surface area (Å²) in [5.41, 5.74) is 8.22. The molecule has 2 N–H and O–H groups in total. The van der Waals surface area contributed by atoms with Crippen LogP contribution in [0.4, 0.5) is 0 Å². The van der Waals surface area contributed by atoms with Crippen molar-refractivity contribution in [3.8, 4) is 0 Å². The number of halogens is 1. The highest BCUT2D eigenvalue weighted by Gasteiger charge is 2.19. The number of nitrogens with two attached hydrogens (primary N) is 1. The Hall–Kier alpha value is -0.790. The molecule has 0 amide bonds. The Morgan fingerprint density at radius 1 is 1.43 bits per heavy atom. The maximum Gasteiger partial charge on any atom is 0.191 e. The van der Waals surface area contributed by atoms with Crippen molar-refractivity contribution in [3.05, 3.63) is 17.0 Å². The smallest absolute Gasteiger partial charge is 0.191 e. The minimum absolute atomic E-state index is 0. The molecule has 1 aromatic heterocycles. The Bertz CT molecular complexity index is 459. The molecule has 1 aromatic rings. The molecule has 1 fully saturated rings.